The lowest BCUT2D eigenvalue weighted by Crippen LogP contribution is -2.14. The molecule has 0 saturated heterocycles. The van der Waals surface area contributed by atoms with Gasteiger partial charge in [-0.25, -0.2) is 13.6 Å². The molecule has 0 bridgehead atoms. The Morgan fingerprint density at radius 2 is 2.20 bits per heavy atom. The molecule has 1 aromatic rings. The van der Waals surface area contributed by atoms with Gasteiger partial charge in [-0.2, -0.15) is 0 Å². The SMILES string of the molecule is CCCCc1scc(CCl)c1S(N)(=O)=O. The van der Waals surface area contributed by atoms with Crippen LogP contribution in [0, 0.1) is 0 Å². The maximum atomic E-state index is 11.4. The third kappa shape index (κ3) is 3.17. The monoisotopic (exact) mass is 267 g/mol. The highest BCUT2D eigenvalue weighted by Crippen LogP contribution is 2.29. The van der Waals surface area contributed by atoms with Gasteiger partial charge in [0, 0.05) is 10.8 Å². The van der Waals surface area contributed by atoms with E-state index in [4.69, 9.17) is 16.7 Å². The molecule has 0 spiro atoms. The number of unbranched alkanes of at least 4 members (excludes halogenated alkanes) is 1. The lowest BCUT2D eigenvalue weighted by Gasteiger charge is -2.02. The number of hydrogen-bond donors (Lipinski definition) is 1. The number of hydrogen-bond acceptors (Lipinski definition) is 3. The maximum absolute atomic E-state index is 11.4. The van der Waals surface area contributed by atoms with Gasteiger partial charge in [0.05, 0.1) is 0 Å². The summed E-state index contributed by atoms with van der Waals surface area (Å²) in [5.74, 6) is 0.189. The van der Waals surface area contributed by atoms with E-state index in [1.165, 1.54) is 11.3 Å². The van der Waals surface area contributed by atoms with Crippen molar-refractivity contribution in [1.82, 2.24) is 0 Å². The van der Waals surface area contributed by atoms with Gasteiger partial charge in [0.1, 0.15) is 4.90 Å². The van der Waals surface area contributed by atoms with Crippen LogP contribution in [0.3, 0.4) is 0 Å². The zero-order valence-electron chi connectivity index (χ0n) is 8.49. The molecule has 0 amide bonds. The molecular weight excluding hydrogens is 254 g/mol. The average molecular weight is 268 g/mol. The molecule has 0 saturated carbocycles. The molecule has 2 N–H and O–H groups in total. The standard InChI is InChI=1S/C9H14ClNO2S2/c1-2-3-4-8-9(15(11,12)13)7(5-10)6-14-8/h6H,2-5H2,1H3,(H2,11,12,13). The molecule has 0 atom stereocenters. The second kappa shape index (κ2) is 5.30. The highest BCUT2D eigenvalue weighted by molar-refractivity contribution is 7.89. The van der Waals surface area contributed by atoms with Crippen LogP contribution in [-0.4, -0.2) is 8.42 Å². The van der Waals surface area contributed by atoms with Crippen LogP contribution in [0.15, 0.2) is 10.3 Å². The summed E-state index contributed by atoms with van der Waals surface area (Å²) in [6.07, 6.45) is 2.74. The van der Waals surface area contributed by atoms with Gasteiger partial charge in [-0.05, 0) is 23.8 Å². The number of thiophene rings is 1. The molecule has 0 fully saturated rings. The third-order valence-electron chi connectivity index (χ3n) is 2.07. The number of aryl methyl sites for hydroxylation is 1. The zero-order valence-corrected chi connectivity index (χ0v) is 10.9. The smallest absolute Gasteiger partial charge is 0.225 e. The molecule has 0 aliphatic heterocycles. The van der Waals surface area contributed by atoms with Crippen molar-refractivity contribution in [1.29, 1.82) is 0 Å². The van der Waals surface area contributed by atoms with Gasteiger partial charge in [-0.1, -0.05) is 13.3 Å². The summed E-state index contributed by atoms with van der Waals surface area (Å²) in [6.45, 7) is 2.06. The zero-order chi connectivity index (χ0) is 11.5. The molecule has 0 aliphatic rings. The molecule has 3 nitrogen and oxygen atoms in total. The summed E-state index contributed by atoms with van der Waals surface area (Å²) >= 11 is 7.10. The average Bonchev–Trinajstić information content (AvgIpc) is 2.56. The summed E-state index contributed by atoms with van der Waals surface area (Å²) in [5, 5.41) is 6.95. The molecule has 0 radical (unpaired) electrons. The number of nitrogens with two attached hydrogens (primary N) is 1. The first-order chi connectivity index (χ1) is 7.00. The Labute approximate surface area is 99.3 Å². The number of sulfonamides is 1. The second-order valence-electron chi connectivity index (χ2n) is 3.30. The molecule has 1 aromatic heterocycles. The van der Waals surface area contributed by atoms with Gasteiger partial charge < -0.3 is 0 Å². The largest absolute Gasteiger partial charge is 0.239 e. The van der Waals surface area contributed by atoms with Crippen molar-refractivity contribution in [2.24, 2.45) is 5.14 Å². The molecular formula is C9H14ClNO2S2. The van der Waals surface area contributed by atoms with Crippen molar-refractivity contribution in [3.8, 4) is 0 Å². The van der Waals surface area contributed by atoms with E-state index in [1.54, 1.807) is 5.38 Å². The fraction of sp³-hybridized carbons (Fsp3) is 0.556. The minimum absolute atomic E-state index is 0.189. The first kappa shape index (κ1) is 13.0. The Morgan fingerprint density at radius 3 is 2.67 bits per heavy atom. The minimum atomic E-state index is -3.64. The van der Waals surface area contributed by atoms with Crippen LogP contribution < -0.4 is 5.14 Å². The summed E-state index contributed by atoms with van der Waals surface area (Å²) in [7, 11) is -3.64. The van der Waals surface area contributed by atoms with Crippen LogP contribution in [0.2, 0.25) is 0 Å². The van der Waals surface area contributed by atoms with Crippen LogP contribution in [0.1, 0.15) is 30.2 Å². The predicted molar refractivity (Wildman–Crippen MR) is 63.9 cm³/mol. The number of alkyl halides is 1. The number of halogens is 1. The summed E-state index contributed by atoms with van der Waals surface area (Å²) in [4.78, 5) is 1.07. The fourth-order valence-corrected chi connectivity index (χ4v) is 4.22. The van der Waals surface area contributed by atoms with E-state index < -0.39 is 10.0 Å². The molecule has 0 aromatic carbocycles. The van der Waals surface area contributed by atoms with Gasteiger partial charge in [-0.3, -0.25) is 0 Å². The number of primary sulfonamides is 1. The second-order valence-corrected chi connectivity index (χ2v) is 6.03. The molecule has 15 heavy (non-hydrogen) atoms. The molecule has 1 heterocycles. The minimum Gasteiger partial charge on any atom is -0.225 e. The van der Waals surface area contributed by atoms with Crippen molar-refractivity contribution >= 4 is 33.0 Å². The van der Waals surface area contributed by atoms with Crippen molar-refractivity contribution in [2.45, 2.75) is 37.0 Å². The van der Waals surface area contributed by atoms with Crippen LogP contribution >= 0.6 is 22.9 Å². The van der Waals surface area contributed by atoms with Gasteiger partial charge >= 0.3 is 0 Å². The van der Waals surface area contributed by atoms with Gasteiger partial charge in [0.2, 0.25) is 10.0 Å². The molecule has 1 rings (SSSR count). The van der Waals surface area contributed by atoms with Crippen LogP contribution in [0.5, 0.6) is 0 Å². The van der Waals surface area contributed by atoms with E-state index in [-0.39, 0.29) is 10.8 Å². The Bertz CT molecular complexity index is 425. The fourth-order valence-electron chi connectivity index (χ4n) is 1.37. The van der Waals surface area contributed by atoms with E-state index >= 15 is 0 Å². The normalized spacial score (nSPS) is 11.9. The van der Waals surface area contributed by atoms with E-state index in [1.807, 2.05) is 0 Å². The van der Waals surface area contributed by atoms with Crippen LogP contribution in [0.4, 0.5) is 0 Å². The topological polar surface area (TPSA) is 60.2 Å². The summed E-state index contributed by atoms with van der Waals surface area (Å²) in [5.41, 5.74) is 0.621. The van der Waals surface area contributed by atoms with Crippen molar-refractivity contribution in [3.63, 3.8) is 0 Å². The van der Waals surface area contributed by atoms with E-state index in [0.717, 1.165) is 24.1 Å². The van der Waals surface area contributed by atoms with Crippen molar-refractivity contribution in [3.05, 3.63) is 15.8 Å². The quantitative estimate of drug-likeness (QED) is 0.833. The van der Waals surface area contributed by atoms with Gasteiger partial charge in [0.15, 0.2) is 0 Å². The van der Waals surface area contributed by atoms with Gasteiger partial charge in [-0.15, -0.1) is 22.9 Å². The third-order valence-corrected chi connectivity index (χ3v) is 4.66. The first-order valence-corrected chi connectivity index (χ1v) is 7.64. The van der Waals surface area contributed by atoms with Crippen molar-refractivity contribution < 1.29 is 8.42 Å². The predicted octanol–water partition coefficient (Wildman–Crippen LogP) is 2.48. The molecule has 0 unspecified atom stereocenters. The van der Waals surface area contributed by atoms with Crippen LogP contribution in [0.25, 0.3) is 0 Å². The lowest BCUT2D eigenvalue weighted by atomic mass is 10.2. The molecule has 86 valence electrons. The molecule has 0 aliphatic carbocycles. The van der Waals surface area contributed by atoms with E-state index in [9.17, 15) is 8.42 Å². The maximum Gasteiger partial charge on any atom is 0.239 e. The molecule has 6 heteroatoms. The highest BCUT2D eigenvalue weighted by Gasteiger charge is 2.20. The summed E-state index contributed by atoms with van der Waals surface area (Å²) in [6, 6.07) is 0. The number of rotatable bonds is 5. The van der Waals surface area contributed by atoms with Crippen molar-refractivity contribution in [2.75, 3.05) is 0 Å². The van der Waals surface area contributed by atoms with Crippen LogP contribution in [-0.2, 0) is 22.3 Å². The Morgan fingerprint density at radius 1 is 1.53 bits per heavy atom. The van der Waals surface area contributed by atoms with Gasteiger partial charge in [0.25, 0.3) is 0 Å². The Balaban J connectivity index is 3.12. The first-order valence-electron chi connectivity index (χ1n) is 4.68. The van der Waals surface area contributed by atoms with E-state index in [0.29, 0.717) is 5.56 Å². The highest BCUT2D eigenvalue weighted by atomic mass is 35.5. The Hall–Kier alpha value is -0.100. The van der Waals surface area contributed by atoms with E-state index in [2.05, 4.69) is 6.92 Å². The Kier molecular flexibility index (Phi) is 4.58. The lowest BCUT2D eigenvalue weighted by molar-refractivity contribution is 0.596. The summed E-state index contributed by atoms with van der Waals surface area (Å²) < 4.78 is 22.8.